The van der Waals surface area contributed by atoms with E-state index in [9.17, 15) is 4.79 Å². The van der Waals surface area contributed by atoms with E-state index in [0.717, 1.165) is 16.7 Å². The molecule has 4 heteroatoms. The highest BCUT2D eigenvalue weighted by molar-refractivity contribution is 5.94. The van der Waals surface area contributed by atoms with Gasteiger partial charge in [-0.15, -0.1) is 0 Å². The minimum atomic E-state index is -0.199. The van der Waals surface area contributed by atoms with Gasteiger partial charge in [-0.2, -0.15) is 0 Å². The van der Waals surface area contributed by atoms with E-state index in [4.69, 9.17) is 8.83 Å². The van der Waals surface area contributed by atoms with Crippen LogP contribution < -0.4 is 5.32 Å². The third kappa shape index (κ3) is 2.25. The van der Waals surface area contributed by atoms with E-state index in [1.54, 1.807) is 6.07 Å². The maximum absolute atomic E-state index is 11.9. The molecule has 0 radical (unpaired) electrons. The lowest BCUT2D eigenvalue weighted by atomic mass is 10.2. The molecular weight excluding hydrogens is 242 g/mol. The first kappa shape index (κ1) is 11.6. The largest absolute Gasteiger partial charge is 0.472 e. The lowest BCUT2D eigenvalue weighted by Crippen LogP contribution is -2.25. The molecule has 0 aliphatic rings. The van der Waals surface area contributed by atoms with E-state index in [2.05, 4.69) is 5.32 Å². The molecule has 0 saturated carbocycles. The topological polar surface area (TPSA) is 55.4 Å². The van der Waals surface area contributed by atoms with Crippen molar-refractivity contribution in [3.63, 3.8) is 0 Å². The summed E-state index contributed by atoms with van der Waals surface area (Å²) in [6.45, 7) is 1.88. The number of amides is 1. The molecule has 1 N–H and O–H groups in total. The summed E-state index contributed by atoms with van der Waals surface area (Å²) in [4.78, 5) is 11.9. The Morgan fingerprint density at radius 1 is 1.26 bits per heavy atom. The van der Waals surface area contributed by atoms with E-state index in [0.29, 0.717) is 5.56 Å². The highest BCUT2D eigenvalue weighted by Crippen LogP contribution is 2.23. The summed E-state index contributed by atoms with van der Waals surface area (Å²) in [6.07, 6.45) is 2.89. The fourth-order valence-electron chi connectivity index (χ4n) is 1.96. The zero-order valence-corrected chi connectivity index (χ0v) is 10.4. The molecular formula is C15H13NO3. The summed E-state index contributed by atoms with van der Waals surface area (Å²) in [5.74, 6) is 0.555. The summed E-state index contributed by atoms with van der Waals surface area (Å²) in [6, 6.07) is 11.1. The smallest absolute Gasteiger partial charge is 0.255 e. The molecule has 2 aromatic heterocycles. The summed E-state index contributed by atoms with van der Waals surface area (Å²) < 4.78 is 10.6. The van der Waals surface area contributed by atoms with Crippen LogP contribution in [0.25, 0.3) is 11.0 Å². The Morgan fingerprint density at radius 3 is 2.84 bits per heavy atom. The average Bonchev–Trinajstić information content (AvgIpc) is 3.07. The van der Waals surface area contributed by atoms with Gasteiger partial charge in [-0.1, -0.05) is 18.2 Å². The quantitative estimate of drug-likeness (QED) is 0.779. The predicted molar refractivity (Wildman–Crippen MR) is 70.8 cm³/mol. The normalized spacial score (nSPS) is 12.5. The van der Waals surface area contributed by atoms with Gasteiger partial charge in [-0.25, -0.2) is 0 Å². The van der Waals surface area contributed by atoms with Crippen LogP contribution >= 0.6 is 0 Å². The molecule has 1 atom stereocenters. The predicted octanol–water partition coefficient (Wildman–Crippen LogP) is 3.52. The fraction of sp³-hybridized carbons (Fsp3) is 0.133. The van der Waals surface area contributed by atoms with Crippen molar-refractivity contribution in [2.24, 2.45) is 0 Å². The molecule has 0 aliphatic heterocycles. The number of rotatable bonds is 3. The van der Waals surface area contributed by atoms with E-state index in [1.807, 2.05) is 37.3 Å². The van der Waals surface area contributed by atoms with Gasteiger partial charge in [-0.05, 0) is 25.1 Å². The maximum Gasteiger partial charge on any atom is 0.255 e. The number of benzene rings is 1. The van der Waals surface area contributed by atoms with Crippen LogP contribution in [0.15, 0.2) is 57.8 Å². The molecule has 3 aromatic rings. The molecule has 1 amide bonds. The zero-order valence-electron chi connectivity index (χ0n) is 10.4. The number of carbonyl (C=O) groups excluding carboxylic acids is 1. The van der Waals surface area contributed by atoms with E-state index >= 15 is 0 Å². The van der Waals surface area contributed by atoms with Gasteiger partial charge in [0, 0.05) is 5.39 Å². The number of hydrogen-bond donors (Lipinski definition) is 1. The van der Waals surface area contributed by atoms with Crippen molar-refractivity contribution in [2.45, 2.75) is 13.0 Å². The van der Waals surface area contributed by atoms with Crippen LogP contribution in [0.5, 0.6) is 0 Å². The van der Waals surface area contributed by atoms with Crippen LogP contribution in [0.4, 0.5) is 0 Å². The summed E-state index contributed by atoms with van der Waals surface area (Å²) in [5.41, 5.74) is 1.32. The van der Waals surface area contributed by atoms with Crippen molar-refractivity contribution in [2.75, 3.05) is 0 Å². The number of nitrogens with one attached hydrogen (secondary N) is 1. The minimum Gasteiger partial charge on any atom is -0.472 e. The van der Waals surface area contributed by atoms with Crippen molar-refractivity contribution in [1.29, 1.82) is 0 Å². The lowest BCUT2D eigenvalue weighted by molar-refractivity contribution is 0.0935. The standard InChI is InChI=1S/C15H13NO3/c1-10(16-15(17)12-6-7-18-9-12)14-8-11-4-2-3-5-13(11)19-14/h2-10H,1H3,(H,16,17)/t10-/m0/s1. The Labute approximate surface area is 110 Å². The van der Waals surface area contributed by atoms with Gasteiger partial charge in [0.05, 0.1) is 17.9 Å². The maximum atomic E-state index is 11.9. The second-order valence-corrected chi connectivity index (χ2v) is 4.39. The van der Waals surface area contributed by atoms with Crippen molar-refractivity contribution in [1.82, 2.24) is 5.32 Å². The summed E-state index contributed by atoms with van der Waals surface area (Å²) >= 11 is 0. The van der Waals surface area contributed by atoms with Crippen LogP contribution in [0.2, 0.25) is 0 Å². The van der Waals surface area contributed by atoms with Crippen molar-refractivity contribution >= 4 is 16.9 Å². The Kier molecular flexibility index (Phi) is 2.83. The zero-order chi connectivity index (χ0) is 13.2. The van der Waals surface area contributed by atoms with Crippen molar-refractivity contribution in [3.05, 3.63) is 60.2 Å². The Morgan fingerprint density at radius 2 is 2.11 bits per heavy atom. The van der Waals surface area contributed by atoms with Gasteiger partial charge < -0.3 is 14.2 Å². The first-order valence-corrected chi connectivity index (χ1v) is 6.05. The van der Waals surface area contributed by atoms with Crippen LogP contribution in [0, 0.1) is 0 Å². The molecule has 0 bridgehead atoms. The summed E-state index contributed by atoms with van der Waals surface area (Å²) in [5, 5.41) is 3.90. The highest BCUT2D eigenvalue weighted by Gasteiger charge is 2.15. The molecule has 4 nitrogen and oxygen atoms in total. The Bertz CT molecular complexity index is 664. The third-order valence-electron chi connectivity index (χ3n) is 3.00. The molecule has 0 saturated heterocycles. The monoisotopic (exact) mass is 255 g/mol. The highest BCUT2D eigenvalue weighted by atomic mass is 16.3. The average molecular weight is 255 g/mol. The molecule has 2 heterocycles. The number of furan rings is 2. The molecule has 0 fully saturated rings. The fourth-order valence-corrected chi connectivity index (χ4v) is 1.96. The minimum absolute atomic E-state index is 0.179. The van der Waals surface area contributed by atoms with Gasteiger partial charge in [0.25, 0.3) is 5.91 Å². The molecule has 96 valence electrons. The molecule has 0 unspecified atom stereocenters. The molecule has 1 aromatic carbocycles. The number of hydrogen-bond acceptors (Lipinski definition) is 3. The Balaban J connectivity index is 1.80. The van der Waals surface area contributed by atoms with E-state index in [-0.39, 0.29) is 11.9 Å². The van der Waals surface area contributed by atoms with Gasteiger partial charge >= 0.3 is 0 Å². The second kappa shape index (κ2) is 4.65. The van der Waals surface area contributed by atoms with Gasteiger partial charge in [0.15, 0.2) is 0 Å². The second-order valence-electron chi connectivity index (χ2n) is 4.39. The van der Waals surface area contributed by atoms with Crippen LogP contribution in [-0.4, -0.2) is 5.91 Å². The molecule has 19 heavy (non-hydrogen) atoms. The van der Waals surface area contributed by atoms with E-state index in [1.165, 1.54) is 12.5 Å². The van der Waals surface area contributed by atoms with Gasteiger partial charge in [0.1, 0.15) is 17.6 Å². The number of fused-ring (bicyclic) bond motifs is 1. The number of carbonyl (C=O) groups is 1. The number of para-hydroxylation sites is 1. The van der Waals surface area contributed by atoms with Gasteiger partial charge in [0.2, 0.25) is 0 Å². The van der Waals surface area contributed by atoms with Crippen molar-refractivity contribution < 1.29 is 13.6 Å². The van der Waals surface area contributed by atoms with E-state index < -0.39 is 0 Å². The Hall–Kier alpha value is -2.49. The summed E-state index contributed by atoms with van der Waals surface area (Å²) in [7, 11) is 0. The van der Waals surface area contributed by atoms with Crippen LogP contribution in [0.3, 0.4) is 0 Å². The molecule has 0 spiro atoms. The SMILES string of the molecule is C[C@H](NC(=O)c1ccoc1)c1cc2ccccc2o1. The third-order valence-corrected chi connectivity index (χ3v) is 3.00. The lowest BCUT2D eigenvalue weighted by Gasteiger charge is -2.09. The van der Waals surface area contributed by atoms with Crippen LogP contribution in [0.1, 0.15) is 29.1 Å². The first-order valence-electron chi connectivity index (χ1n) is 6.05. The molecule has 0 aliphatic carbocycles. The first-order chi connectivity index (χ1) is 9.24. The van der Waals surface area contributed by atoms with Crippen molar-refractivity contribution in [3.8, 4) is 0 Å². The molecule has 3 rings (SSSR count). The van der Waals surface area contributed by atoms with Crippen LogP contribution in [-0.2, 0) is 0 Å². The van der Waals surface area contributed by atoms with Gasteiger partial charge in [-0.3, -0.25) is 4.79 Å².